The molecule has 1 amide bonds. The molecule has 29 heavy (non-hydrogen) atoms. The van der Waals surface area contributed by atoms with Crippen LogP contribution in [0.2, 0.25) is 5.02 Å². The second-order valence-electron chi connectivity index (χ2n) is 6.44. The zero-order chi connectivity index (χ0) is 20.5. The number of nitrogens with zero attached hydrogens (tertiary/aromatic N) is 2. The highest BCUT2D eigenvalue weighted by Crippen LogP contribution is 2.42. The summed E-state index contributed by atoms with van der Waals surface area (Å²) in [6.07, 6.45) is 2.96. The normalized spacial score (nSPS) is 18.3. The van der Waals surface area contributed by atoms with Gasteiger partial charge in [-0.1, -0.05) is 23.7 Å². The molecule has 1 saturated heterocycles. The molecule has 0 radical (unpaired) electrons. The van der Waals surface area contributed by atoms with Gasteiger partial charge in [-0.25, -0.2) is 4.39 Å². The molecule has 1 unspecified atom stereocenters. The van der Waals surface area contributed by atoms with E-state index in [1.54, 1.807) is 30.3 Å². The molecule has 1 aliphatic rings. The minimum absolute atomic E-state index is 0.133. The molecule has 1 N–H and O–H groups in total. The van der Waals surface area contributed by atoms with Crippen LogP contribution in [0.25, 0.3) is 5.76 Å². The van der Waals surface area contributed by atoms with Crippen molar-refractivity contribution in [2.24, 2.45) is 0 Å². The van der Waals surface area contributed by atoms with E-state index in [0.717, 1.165) is 0 Å². The number of Topliss-reactive ketones (excluding diaryl/α,β-unsaturated/α-hetero) is 1. The fraction of sp³-hybridized carbons (Fsp3) is 0.0455. The lowest BCUT2D eigenvalue weighted by atomic mass is 9.95. The molecule has 4 rings (SSSR count). The molecule has 1 aromatic heterocycles. The third-order valence-electron chi connectivity index (χ3n) is 4.65. The second-order valence-corrected chi connectivity index (χ2v) is 6.88. The van der Waals surface area contributed by atoms with E-state index in [-0.39, 0.29) is 11.3 Å². The highest BCUT2D eigenvalue weighted by Gasteiger charge is 2.47. The number of aliphatic hydroxyl groups is 1. The lowest BCUT2D eigenvalue weighted by Gasteiger charge is -2.25. The molecule has 3 aromatic rings. The van der Waals surface area contributed by atoms with Gasteiger partial charge in [0, 0.05) is 16.8 Å². The molecule has 2 aromatic carbocycles. The van der Waals surface area contributed by atoms with Crippen molar-refractivity contribution in [1.29, 1.82) is 0 Å². The predicted molar refractivity (Wildman–Crippen MR) is 107 cm³/mol. The number of aromatic nitrogens is 1. The van der Waals surface area contributed by atoms with Gasteiger partial charge in [0.1, 0.15) is 11.6 Å². The van der Waals surface area contributed by atoms with Crippen molar-refractivity contribution >= 4 is 34.7 Å². The van der Waals surface area contributed by atoms with Crippen molar-refractivity contribution in [3.05, 3.63) is 101 Å². The smallest absolute Gasteiger partial charge is 0.300 e. The van der Waals surface area contributed by atoms with Gasteiger partial charge in [0.15, 0.2) is 0 Å². The van der Waals surface area contributed by atoms with Crippen LogP contribution in [-0.2, 0) is 9.59 Å². The highest BCUT2D eigenvalue weighted by atomic mass is 35.5. The van der Waals surface area contributed by atoms with Crippen LogP contribution in [0, 0.1) is 5.82 Å². The molecule has 0 bridgehead atoms. The lowest BCUT2D eigenvalue weighted by Crippen LogP contribution is -2.29. The van der Waals surface area contributed by atoms with Crippen molar-refractivity contribution in [3.8, 4) is 0 Å². The Morgan fingerprint density at radius 3 is 2.48 bits per heavy atom. The number of carbonyl (C=O) groups is 2. The molecule has 1 aliphatic heterocycles. The largest absolute Gasteiger partial charge is 0.507 e. The summed E-state index contributed by atoms with van der Waals surface area (Å²) in [7, 11) is 0. The average molecular weight is 409 g/mol. The van der Waals surface area contributed by atoms with Crippen LogP contribution in [0.15, 0.2) is 78.6 Å². The highest BCUT2D eigenvalue weighted by molar-refractivity contribution is 6.51. The molecular weight excluding hydrogens is 395 g/mol. The number of hydrogen-bond acceptors (Lipinski definition) is 4. The van der Waals surface area contributed by atoms with Gasteiger partial charge in [-0.05, 0) is 54.1 Å². The fourth-order valence-electron chi connectivity index (χ4n) is 3.35. The molecule has 5 nitrogen and oxygen atoms in total. The number of pyridine rings is 1. The molecule has 0 aliphatic carbocycles. The second kappa shape index (κ2) is 7.48. The first-order chi connectivity index (χ1) is 14.0. The Morgan fingerprint density at radius 2 is 1.83 bits per heavy atom. The van der Waals surface area contributed by atoms with Crippen molar-refractivity contribution in [3.63, 3.8) is 0 Å². The van der Waals surface area contributed by atoms with E-state index >= 15 is 0 Å². The summed E-state index contributed by atoms with van der Waals surface area (Å²) < 4.78 is 13.9. The molecule has 0 spiro atoms. The SMILES string of the molecule is O=C1C(=O)N(c2cccnc2)C(c2cccc(F)c2)/C1=C(\O)c1ccc(Cl)cc1. The van der Waals surface area contributed by atoms with Gasteiger partial charge in [0.05, 0.1) is 23.5 Å². The molecule has 7 heteroatoms. The summed E-state index contributed by atoms with van der Waals surface area (Å²) in [5, 5.41) is 11.3. The van der Waals surface area contributed by atoms with Gasteiger partial charge in [-0.2, -0.15) is 0 Å². The van der Waals surface area contributed by atoms with Crippen LogP contribution >= 0.6 is 11.6 Å². The van der Waals surface area contributed by atoms with Crippen molar-refractivity contribution in [1.82, 2.24) is 4.98 Å². The monoisotopic (exact) mass is 408 g/mol. The van der Waals surface area contributed by atoms with Gasteiger partial charge in [0.25, 0.3) is 11.7 Å². The zero-order valence-corrected chi connectivity index (χ0v) is 15.7. The zero-order valence-electron chi connectivity index (χ0n) is 14.9. The van der Waals surface area contributed by atoms with Crippen LogP contribution in [0.3, 0.4) is 0 Å². The first kappa shape index (κ1) is 18.8. The van der Waals surface area contributed by atoms with E-state index in [4.69, 9.17) is 11.6 Å². The Morgan fingerprint density at radius 1 is 1.07 bits per heavy atom. The minimum atomic E-state index is -1.01. The van der Waals surface area contributed by atoms with Crippen LogP contribution in [0.5, 0.6) is 0 Å². The van der Waals surface area contributed by atoms with Gasteiger partial charge < -0.3 is 5.11 Å². The maximum absolute atomic E-state index is 13.9. The number of benzene rings is 2. The van der Waals surface area contributed by atoms with E-state index in [9.17, 15) is 19.1 Å². The first-order valence-electron chi connectivity index (χ1n) is 8.70. The Hall–Kier alpha value is -3.51. The van der Waals surface area contributed by atoms with Gasteiger partial charge in [-0.3, -0.25) is 19.5 Å². The van der Waals surface area contributed by atoms with E-state index in [1.807, 2.05) is 0 Å². The van der Waals surface area contributed by atoms with Gasteiger partial charge in [-0.15, -0.1) is 0 Å². The summed E-state index contributed by atoms with van der Waals surface area (Å²) in [5.41, 5.74) is 0.898. The maximum Gasteiger partial charge on any atom is 0.300 e. The van der Waals surface area contributed by atoms with Crippen LogP contribution < -0.4 is 4.90 Å². The fourth-order valence-corrected chi connectivity index (χ4v) is 3.48. The molecule has 144 valence electrons. The number of rotatable bonds is 3. The Kier molecular flexibility index (Phi) is 4.86. The predicted octanol–water partition coefficient (Wildman–Crippen LogP) is 4.50. The summed E-state index contributed by atoms with van der Waals surface area (Å²) in [4.78, 5) is 31.0. The maximum atomic E-state index is 13.9. The van der Waals surface area contributed by atoms with E-state index in [0.29, 0.717) is 21.8 Å². The quantitative estimate of drug-likeness (QED) is 0.393. The molecule has 2 heterocycles. The number of anilines is 1. The number of hydrogen-bond donors (Lipinski definition) is 1. The standard InChI is InChI=1S/C22H14ClFN2O3/c23-15-8-6-13(7-9-15)20(27)18-19(14-3-1-4-16(24)11-14)26(22(29)21(18)28)17-5-2-10-25-12-17/h1-12,19,27H/b20-18+. The van der Waals surface area contributed by atoms with E-state index in [1.165, 1.54) is 47.6 Å². The minimum Gasteiger partial charge on any atom is -0.507 e. The van der Waals surface area contributed by atoms with Gasteiger partial charge in [0.2, 0.25) is 0 Å². The first-order valence-corrected chi connectivity index (χ1v) is 9.07. The summed E-state index contributed by atoms with van der Waals surface area (Å²) in [6.45, 7) is 0. The Bertz CT molecular complexity index is 1130. The Labute approximate surface area is 170 Å². The van der Waals surface area contributed by atoms with E-state index < -0.39 is 23.5 Å². The third-order valence-corrected chi connectivity index (χ3v) is 4.90. The topological polar surface area (TPSA) is 70.5 Å². The number of amides is 1. The molecule has 0 saturated carbocycles. The Balaban J connectivity index is 1.95. The number of carbonyl (C=O) groups excluding carboxylic acids is 2. The summed E-state index contributed by atoms with van der Waals surface area (Å²) in [5.74, 6) is -2.58. The summed E-state index contributed by atoms with van der Waals surface area (Å²) >= 11 is 5.90. The molecule has 1 atom stereocenters. The van der Waals surface area contributed by atoms with Crippen LogP contribution in [0.4, 0.5) is 10.1 Å². The van der Waals surface area contributed by atoms with Gasteiger partial charge >= 0.3 is 0 Å². The molecule has 1 fully saturated rings. The van der Waals surface area contributed by atoms with Crippen LogP contribution in [-0.4, -0.2) is 21.8 Å². The molecular formula is C22H14ClFN2O3. The summed E-state index contributed by atoms with van der Waals surface area (Å²) in [6, 6.07) is 14.0. The number of aliphatic hydroxyl groups excluding tert-OH is 1. The van der Waals surface area contributed by atoms with Crippen molar-refractivity contribution < 1.29 is 19.1 Å². The lowest BCUT2D eigenvalue weighted by molar-refractivity contribution is -0.132. The number of halogens is 2. The number of ketones is 1. The van der Waals surface area contributed by atoms with E-state index in [2.05, 4.69) is 4.98 Å². The van der Waals surface area contributed by atoms with Crippen molar-refractivity contribution in [2.75, 3.05) is 4.90 Å². The van der Waals surface area contributed by atoms with Crippen molar-refractivity contribution in [2.45, 2.75) is 6.04 Å². The third kappa shape index (κ3) is 3.39. The van der Waals surface area contributed by atoms with Crippen LogP contribution in [0.1, 0.15) is 17.2 Å². The average Bonchev–Trinajstić information content (AvgIpc) is 2.99.